The van der Waals surface area contributed by atoms with Crippen LogP contribution in [-0.2, 0) is 4.84 Å². The zero-order valence-corrected chi connectivity index (χ0v) is 11.4. The van der Waals surface area contributed by atoms with Crippen molar-refractivity contribution < 1.29 is 10.2 Å². The molecule has 0 saturated carbocycles. The number of rotatable bonds is 5. The average Bonchev–Trinajstić information content (AvgIpc) is 2.82. The molecule has 3 nitrogen and oxygen atoms in total. The number of nitrogens with two attached hydrogens (primary N) is 1. The summed E-state index contributed by atoms with van der Waals surface area (Å²) in [5, 5.41) is 7.34. The van der Waals surface area contributed by atoms with Crippen molar-refractivity contribution in [2.45, 2.75) is 12.5 Å². The van der Waals surface area contributed by atoms with Crippen LogP contribution in [0.2, 0.25) is 10.0 Å². The Kier molecular flexibility index (Phi) is 4.64. The van der Waals surface area contributed by atoms with Crippen LogP contribution in [0.5, 0.6) is 0 Å². The third kappa shape index (κ3) is 3.25. The minimum atomic E-state index is 0.120. The largest absolute Gasteiger partial charge is 0.386 e. The summed E-state index contributed by atoms with van der Waals surface area (Å²) in [6.07, 6.45) is 2.79. The highest BCUT2D eigenvalue weighted by molar-refractivity contribution is 6.42. The van der Waals surface area contributed by atoms with E-state index >= 15 is 0 Å². The molecule has 0 radical (unpaired) electrons. The molecule has 0 saturated heterocycles. The van der Waals surface area contributed by atoms with Gasteiger partial charge in [0.15, 0.2) is 6.10 Å². The molecule has 1 atom stereocenters. The van der Waals surface area contributed by atoms with Gasteiger partial charge in [-0.25, -0.2) is 0 Å². The van der Waals surface area contributed by atoms with Crippen molar-refractivity contribution >= 4 is 28.9 Å². The van der Waals surface area contributed by atoms with Crippen molar-refractivity contribution in [1.82, 2.24) is 0 Å². The molecule has 0 aromatic heterocycles. The molecule has 5 heteroatoms. The first-order valence-electron chi connectivity index (χ1n) is 5.81. The number of halogens is 2. The van der Waals surface area contributed by atoms with E-state index in [9.17, 15) is 0 Å². The van der Waals surface area contributed by atoms with Crippen molar-refractivity contribution in [1.29, 1.82) is 0 Å². The zero-order chi connectivity index (χ0) is 13.0. The van der Waals surface area contributed by atoms with Crippen LogP contribution in [0.3, 0.4) is 0 Å². The van der Waals surface area contributed by atoms with Gasteiger partial charge in [-0.05, 0) is 18.2 Å². The lowest BCUT2D eigenvalue weighted by Gasteiger charge is -2.05. The molecule has 0 unspecified atom stereocenters. The third-order valence-electron chi connectivity index (χ3n) is 2.75. The predicted molar refractivity (Wildman–Crippen MR) is 74.3 cm³/mol. The highest BCUT2D eigenvalue weighted by Crippen LogP contribution is 2.25. The SMILES string of the molecule is C=CC[NH2+]C[C@H]1CC(c2ccc(Cl)c(Cl)c2)=NO1. The number of quaternary nitrogens is 1. The van der Waals surface area contributed by atoms with E-state index in [1.165, 1.54) is 0 Å². The van der Waals surface area contributed by atoms with Gasteiger partial charge in [0.25, 0.3) is 0 Å². The Balaban J connectivity index is 1.95. The first-order valence-corrected chi connectivity index (χ1v) is 6.57. The second-order valence-corrected chi connectivity index (χ2v) is 4.96. The molecule has 0 spiro atoms. The summed E-state index contributed by atoms with van der Waals surface area (Å²) in [5.41, 5.74) is 1.89. The van der Waals surface area contributed by atoms with Gasteiger partial charge in [0, 0.05) is 12.0 Å². The Hall–Kier alpha value is -1.03. The average molecular weight is 286 g/mol. The standard InChI is InChI=1S/C13H14Cl2N2O/c1-2-5-16-8-10-7-13(17-18-10)9-3-4-11(14)12(15)6-9/h2-4,6,10,16H,1,5,7-8H2/p+1/t10-/m1/s1. The fourth-order valence-corrected chi connectivity index (χ4v) is 2.10. The van der Waals surface area contributed by atoms with E-state index < -0.39 is 0 Å². The smallest absolute Gasteiger partial charge is 0.181 e. The summed E-state index contributed by atoms with van der Waals surface area (Å²) < 4.78 is 0. The fraction of sp³-hybridized carbons (Fsp3) is 0.308. The molecule has 1 aliphatic heterocycles. The van der Waals surface area contributed by atoms with Gasteiger partial charge in [0.2, 0.25) is 0 Å². The Morgan fingerprint density at radius 1 is 1.44 bits per heavy atom. The number of oxime groups is 1. The molecule has 0 aliphatic carbocycles. The molecular formula is C13H15Cl2N2O+. The molecule has 96 valence electrons. The summed E-state index contributed by atoms with van der Waals surface area (Å²) in [7, 11) is 0. The van der Waals surface area contributed by atoms with Gasteiger partial charge in [0.1, 0.15) is 6.54 Å². The molecule has 1 aromatic carbocycles. The van der Waals surface area contributed by atoms with E-state index in [2.05, 4.69) is 17.1 Å². The Bertz CT molecular complexity index is 474. The lowest BCUT2D eigenvalue weighted by atomic mass is 10.1. The van der Waals surface area contributed by atoms with Gasteiger partial charge in [0.05, 0.1) is 22.3 Å². The fourth-order valence-electron chi connectivity index (χ4n) is 1.80. The number of hydrogen-bond acceptors (Lipinski definition) is 2. The van der Waals surface area contributed by atoms with Gasteiger partial charge < -0.3 is 10.2 Å². The summed E-state index contributed by atoms with van der Waals surface area (Å²) in [4.78, 5) is 5.38. The highest BCUT2D eigenvalue weighted by Gasteiger charge is 2.23. The lowest BCUT2D eigenvalue weighted by Crippen LogP contribution is -2.86. The Morgan fingerprint density at radius 2 is 2.28 bits per heavy atom. The van der Waals surface area contributed by atoms with E-state index in [4.69, 9.17) is 28.0 Å². The van der Waals surface area contributed by atoms with Crippen molar-refractivity contribution in [2.24, 2.45) is 5.16 Å². The van der Waals surface area contributed by atoms with Gasteiger partial charge in [-0.2, -0.15) is 0 Å². The maximum atomic E-state index is 5.99. The van der Waals surface area contributed by atoms with Gasteiger partial charge in [-0.15, -0.1) is 0 Å². The normalized spacial score (nSPS) is 18.3. The molecule has 0 bridgehead atoms. The topological polar surface area (TPSA) is 38.2 Å². The quantitative estimate of drug-likeness (QED) is 0.654. The van der Waals surface area contributed by atoms with Crippen molar-refractivity contribution in [2.75, 3.05) is 13.1 Å². The van der Waals surface area contributed by atoms with Crippen molar-refractivity contribution in [3.63, 3.8) is 0 Å². The van der Waals surface area contributed by atoms with Crippen LogP contribution in [0.15, 0.2) is 36.0 Å². The molecule has 2 rings (SSSR count). The maximum absolute atomic E-state index is 5.99. The first-order chi connectivity index (χ1) is 8.70. The summed E-state index contributed by atoms with van der Waals surface area (Å²) in [6, 6.07) is 5.51. The monoisotopic (exact) mass is 285 g/mol. The van der Waals surface area contributed by atoms with Gasteiger partial charge in [-0.3, -0.25) is 0 Å². The first kappa shape index (κ1) is 13.4. The van der Waals surface area contributed by atoms with E-state index in [1.807, 2.05) is 18.2 Å². The molecule has 0 amide bonds. The highest BCUT2D eigenvalue weighted by atomic mass is 35.5. The molecule has 1 heterocycles. The molecule has 18 heavy (non-hydrogen) atoms. The third-order valence-corrected chi connectivity index (χ3v) is 3.49. The number of hydrogen-bond donors (Lipinski definition) is 1. The van der Waals surface area contributed by atoms with Crippen LogP contribution in [0.4, 0.5) is 0 Å². The minimum Gasteiger partial charge on any atom is -0.386 e. The van der Waals surface area contributed by atoms with Crippen LogP contribution in [0.1, 0.15) is 12.0 Å². The van der Waals surface area contributed by atoms with Crippen molar-refractivity contribution in [3.05, 3.63) is 46.5 Å². The van der Waals surface area contributed by atoms with Crippen LogP contribution in [0, 0.1) is 0 Å². The van der Waals surface area contributed by atoms with E-state index in [1.54, 1.807) is 6.07 Å². The lowest BCUT2D eigenvalue weighted by molar-refractivity contribution is -0.652. The maximum Gasteiger partial charge on any atom is 0.181 e. The van der Waals surface area contributed by atoms with E-state index in [-0.39, 0.29) is 6.10 Å². The van der Waals surface area contributed by atoms with Crippen LogP contribution in [-0.4, -0.2) is 24.9 Å². The zero-order valence-electron chi connectivity index (χ0n) is 9.90. The minimum absolute atomic E-state index is 0.120. The van der Waals surface area contributed by atoms with Crippen LogP contribution >= 0.6 is 23.2 Å². The van der Waals surface area contributed by atoms with E-state index in [0.29, 0.717) is 10.0 Å². The Labute approximate surface area is 116 Å². The number of benzene rings is 1. The molecular weight excluding hydrogens is 271 g/mol. The Morgan fingerprint density at radius 3 is 3.00 bits per heavy atom. The molecule has 2 N–H and O–H groups in total. The second kappa shape index (κ2) is 6.23. The van der Waals surface area contributed by atoms with Crippen molar-refractivity contribution in [3.8, 4) is 0 Å². The van der Waals surface area contributed by atoms with Crippen LogP contribution < -0.4 is 5.32 Å². The summed E-state index contributed by atoms with van der Waals surface area (Å²) >= 11 is 11.9. The summed E-state index contributed by atoms with van der Waals surface area (Å²) in [6.45, 7) is 5.44. The molecule has 1 aromatic rings. The summed E-state index contributed by atoms with van der Waals surface area (Å²) in [5.74, 6) is 0. The van der Waals surface area contributed by atoms with Gasteiger partial charge >= 0.3 is 0 Å². The molecule has 1 aliphatic rings. The van der Waals surface area contributed by atoms with E-state index in [0.717, 1.165) is 30.8 Å². The molecule has 0 fully saturated rings. The van der Waals surface area contributed by atoms with Crippen LogP contribution in [0.25, 0.3) is 0 Å². The second-order valence-electron chi connectivity index (χ2n) is 4.15. The van der Waals surface area contributed by atoms with Gasteiger partial charge in [-0.1, -0.05) is 41.0 Å². The predicted octanol–water partition coefficient (Wildman–Crippen LogP) is 2.24. The number of nitrogens with zero attached hydrogens (tertiary/aromatic N) is 1.